The molecule has 0 aromatic rings. The Balaban J connectivity index is 4.19. The van der Waals surface area contributed by atoms with Crippen LogP contribution in [0.3, 0.4) is 0 Å². The Bertz CT molecular complexity index is 91.2. The zero-order valence-corrected chi connectivity index (χ0v) is 10.2. The maximum atomic E-state index is 5.45. The van der Waals surface area contributed by atoms with Gasteiger partial charge in [-0.25, -0.2) is 0 Å². The van der Waals surface area contributed by atoms with E-state index in [0.717, 1.165) is 0 Å². The fourth-order valence-corrected chi connectivity index (χ4v) is 3.32. The van der Waals surface area contributed by atoms with E-state index < -0.39 is 14.4 Å². The van der Waals surface area contributed by atoms with Crippen LogP contribution in [0.5, 0.6) is 0 Å². The highest BCUT2D eigenvalue weighted by atomic mass is 27.3. The molecule has 4 nitrogen and oxygen atoms in total. The van der Waals surface area contributed by atoms with Crippen molar-refractivity contribution in [1.29, 1.82) is 0 Å². The SMILES string of the molecule is CC[O][Al-]([O]CC)([O]CC)[O]CC. The first-order valence-electron chi connectivity index (χ1n) is 4.93. The normalized spacial score (nSPS) is 12.0. The molecule has 5 heteroatoms. The minimum absolute atomic E-state index is 0.560. The molecule has 0 bridgehead atoms. The van der Waals surface area contributed by atoms with Gasteiger partial charge in [0.05, 0.1) is 0 Å². The smallest absolute Gasteiger partial charge is 0.587 e. The summed E-state index contributed by atoms with van der Waals surface area (Å²) in [5, 5.41) is 0. The highest BCUT2D eigenvalue weighted by Crippen LogP contribution is 2.11. The maximum absolute atomic E-state index is 5.45. The van der Waals surface area contributed by atoms with Crippen LogP contribution in [0.15, 0.2) is 0 Å². The van der Waals surface area contributed by atoms with Gasteiger partial charge in [0.25, 0.3) is 0 Å². The fourth-order valence-electron chi connectivity index (χ4n) is 1.11. The van der Waals surface area contributed by atoms with Crippen molar-refractivity contribution < 1.29 is 15.2 Å². The van der Waals surface area contributed by atoms with E-state index in [-0.39, 0.29) is 0 Å². The van der Waals surface area contributed by atoms with Gasteiger partial charge in [0.15, 0.2) is 0 Å². The van der Waals surface area contributed by atoms with Crippen LogP contribution < -0.4 is 0 Å². The van der Waals surface area contributed by atoms with Crippen molar-refractivity contribution >= 4 is 14.4 Å². The highest BCUT2D eigenvalue weighted by molar-refractivity contribution is 6.53. The van der Waals surface area contributed by atoms with Gasteiger partial charge in [-0.3, -0.25) is 0 Å². The second kappa shape index (κ2) is 7.75. The van der Waals surface area contributed by atoms with Gasteiger partial charge in [0.2, 0.25) is 0 Å². The molecule has 13 heavy (non-hydrogen) atoms. The van der Waals surface area contributed by atoms with Crippen molar-refractivity contribution in [3.05, 3.63) is 0 Å². The average Bonchev–Trinajstić information content (AvgIpc) is 2.06. The summed E-state index contributed by atoms with van der Waals surface area (Å²) >= 11 is -3.09. The Hall–Kier alpha value is 0.372. The van der Waals surface area contributed by atoms with Crippen molar-refractivity contribution in [2.24, 2.45) is 0 Å². The first kappa shape index (κ1) is 13.4. The minimum Gasteiger partial charge on any atom is -0.587 e. The molecule has 0 aliphatic rings. The Labute approximate surface area is 84.1 Å². The van der Waals surface area contributed by atoms with Gasteiger partial charge in [0, 0.05) is 0 Å². The summed E-state index contributed by atoms with van der Waals surface area (Å²) in [6.07, 6.45) is 0. The third kappa shape index (κ3) is 4.97. The Kier molecular flexibility index (Phi) is 7.97. The molecule has 0 unspecified atom stereocenters. The minimum atomic E-state index is -3.09. The molecule has 0 aromatic heterocycles. The third-order valence-corrected chi connectivity index (χ3v) is 4.45. The Morgan fingerprint density at radius 1 is 0.615 bits per heavy atom. The Morgan fingerprint density at radius 3 is 1.00 bits per heavy atom. The van der Waals surface area contributed by atoms with Gasteiger partial charge in [-0.15, -0.1) is 0 Å². The van der Waals surface area contributed by atoms with Crippen molar-refractivity contribution in [2.45, 2.75) is 27.7 Å². The van der Waals surface area contributed by atoms with E-state index in [0.29, 0.717) is 26.4 Å². The standard InChI is InChI=1S/4C2H5O.Al/c4*1-2-3;/h4*2H2,1H3;/q4*-1;+3. The largest absolute Gasteiger partial charge is 0.875 e. The quantitative estimate of drug-likeness (QED) is 0.566. The predicted octanol–water partition coefficient (Wildman–Crippen LogP) is 1.57. The second-order valence-corrected chi connectivity index (χ2v) is 4.89. The number of hydrogen-bond donors (Lipinski definition) is 0. The molecule has 0 radical (unpaired) electrons. The van der Waals surface area contributed by atoms with Crippen LogP contribution >= 0.6 is 0 Å². The van der Waals surface area contributed by atoms with Crippen molar-refractivity contribution in [2.75, 3.05) is 26.4 Å². The fraction of sp³-hybridized carbons (Fsp3) is 1.00. The zero-order valence-electron chi connectivity index (χ0n) is 9.04. The molecule has 0 rings (SSSR count). The molecule has 0 fully saturated rings. The van der Waals surface area contributed by atoms with Crippen molar-refractivity contribution in [1.82, 2.24) is 0 Å². The molecule has 0 saturated carbocycles. The van der Waals surface area contributed by atoms with E-state index in [2.05, 4.69) is 0 Å². The van der Waals surface area contributed by atoms with Crippen molar-refractivity contribution in [3.63, 3.8) is 0 Å². The predicted molar refractivity (Wildman–Crippen MR) is 52.3 cm³/mol. The summed E-state index contributed by atoms with van der Waals surface area (Å²) in [5.74, 6) is 0. The summed E-state index contributed by atoms with van der Waals surface area (Å²) in [7, 11) is 0. The van der Waals surface area contributed by atoms with Gasteiger partial charge >= 0.3 is 14.4 Å². The molecule has 0 atom stereocenters. The van der Waals surface area contributed by atoms with E-state index in [1.807, 2.05) is 27.7 Å². The van der Waals surface area contributed by atoms with Gasteiger partial charge < -0.3 is 15.2 Å². The average molecular weight is 207 g/mol. The third-order valence-electron chi connectivity index (χ3n) is 1.48. The second-order valence-electron chi connectivity index (χ2n) is 2.40. The zero-order chi connectivity index (χ0) is 10.2. The molecule has 80 valence electrons. The van der Waals surface area contributed by atoms with E-state index in [1.165, 1.54) is 0 Å². The summed E-state index contributed by atoms with van der Waals surface area (Å²) < 4.78 is 21.8. The molecule has 0 aliphatic heterocycles. The molecule has 0 heterocycles. The molecule has 0 aliphatic carbocycles. The first-order valence-corrected chi connectivity index (χ1v) is 6.81. The van der Waals surface area contributed by atoms with E-state index in [1.54, 1.807) is 0 Å². The first-order chi connectivity index (χ1) is 6.24. The molecule has 0 amide bonds. The van der Waals surface area contributed by atoms with E-state index >= 15 is 0 Å². The lowest BCUT2D eigenvalue weighted by Gasteiger charge is -2.35. The number of hydrogen-bond acceptors (Lipinski definition) is 4. The molecular formula is C8H20AlO4-. The topological polar surface area (TPSA) is 36.9 Å². The van der Waals surface area contributed by atoms with Gasteiger partial charge in [0.1, 0.15) is 0 Å². The summed E-state index contributed by atoms with van der Waals surface area (Å²) in [5.41, 5.74) is 0. The monoisotopic (exact) mass is 207 g/mol. The van der Waals surface area contributed by atoms with E-state index in [4.69, 9.17) is 15.2 Å². The molecule has 0 aromatic carbocycles. The van der Waals surface area contributed by atoms with E-state index in [9.17, 15) is 0 Å². The Morgan fingerprint density at radius 2 is 0.846 bits per heavy atom. The van der Waals surface area contributed by atoms with Crippen LogP contribution in [0.4, 0.5) is 0 Å². The van der Waals surface area contributed by atoms with Crippen LogP contribution in [0.2, 0.25) is 0 Å². The molecular weight excluding hydrogens is 187 g/mol. The van der Waals surface area contributed by atoms with Crippen molar-refractivity contribution in [3.8, 4) is 0 Å². The molecule has 0 spiro atoms. The van der Waals surface area contributed by atoms with Crippen LogP contribution in [0, 0.1) is 0 Å². The summed E-state index contributed by atoms with van der Waals surface area (Å²) in [6.45, 7) is 9.87. The van der Waals surface area contributed by atoms with Crippen LogP contribution in [0.25, 0.3) is 0 Å². The molecule has 0 saturated heterocycles. The summed E-state index contributed by atoms with van der Waals surface area (Å²) in [6, 6.07) is 0. The lowest BCUT2D eigenvalue weighted by Crippen LogP contribution is -2.49. The highest BCUT2D eigenvalue weighted by Gasteiger charge is 2.45. The van der Waals surface area contributed by atoms with Gasteiger partial charge in [-0.05, 0) is 54.1 Å². The number of rotatable bonds is 8. The molecule has 0 N–H and O–H groups in total. The van der Waals surface area contributed by atoms with Gasteiger partial charge in [-0.1, -0.05) is 0 Å². The lowest BCUT2D eigenvalue weighted by molar-refractivity contribution is -0.0247. The van der Waals surface area contributed by atoms with Crippen LogP contribution in [-0.4, -0.2) is 40.8 Å². The summed E-state index contributed by atoms with van der Waals surface area (Å²) in [4.78, 5) is 0. The van der Waals surface area contributed by atoms with Crippen LogP contribution in [0.1, 0.15) is 27.7 Å². The van der Waals surface area contributed by atoms with Crippen LogP contribution in [-0.2, 0) is 15.2 Å². The van der Waals surface area contributed by atoms with Gasteiger partial charge in [-0.2, -0.15) is 0 Å². The lowest BCUT2D eigenvalue weighted by atomic mass is 10.9. The maximum Gasteiger partial charge on any atom is 0.875 e.